The Kier molecular flexibility index (Phi) is 7.23. The monoisotopic (exact) mass is 257 g/mol. The van der Waals surface area contributed by atoms with Crippen LogP contribution in [-0.2, 0) is 4.79 Å². The van der Waals surface area contributed by atoms with Crippen LogP contribution < -0.4 is 0 Å². The van der Waals surface area contributed by atoms with Crippen LogP contribution >= 0.6 is 0 Å². The van der Waals surface area contributed by atoms with Crippen molar-refractivity contribution in [2.45, 2.75) is 19.3 Å². The van der Waals surface area contributed by atoms with Crippen molar-refractivity contribution in [2.24, 2.45) is 0 Å². The van der Waals surface area contributed by atoms with E-state index in [0.29, 0.717) is 0 Å². The fourth-order valence-corrected chi connectivity index (χ4v) is 2.27. The third-order valence-electron chi connectivity index (χ3n) is 3.40. The Balaban J connectivity index is 2.27. The van der Waals surface area contributed by atoms with Gasteiger partial charge in [-0.3, -0.25) is 9.69 Å². The standard InChI is InChI=1S/C13H27N3O2/c1-14(2)8-9-16(12-13(17)18)11-10-15-6-4-3-5-7-15/h3-12H2,1-2H3,(H,17,18). The minimum atomic E-state index is -0.729. The first-order valence-electron chi connectivity index (χ1n) is 6.89. The van der Waals surface area contributed by atoms with Crippen molar-refractivity contribution in [1.29, 1.82) is 0 Å². The van der Waals surface area contributed by atoms with E-state index >= 15 is 0 Å². The van der Waals surface area contributed by atoms with Gasteiger partial charge in [0.1, 0.15) is 0 Å². The number of nitrogens with zero attached hydrogens (tertiary/aromatic N) is 3. The van der Waals surface area contributed by atoms with E-state index in [2.05, 4.69) is 9.80 Å². The van der Waals surface area contributed by atoms with Gasteiger partial charge in [0, 0.05) is 26.2 Å². The number of likely N-dealkylation sites (N-methyl/N-ethyl adjacent to an activating group) is 1. The lowest BCUT2D eigenvalue weighted by Crippen LogP contribution is -2.42. The van der Waals surface area contributed by atoms with Gasteiger partial charge < -0.3 is 14.9 Å². The summed E-state index contributed by atoms with van der Waals surface area (Å²) in [6, 6.07) is 0. The average Bonchev–Trinajstić information content (AvgIpc) is 2.33. The zero-order valence-electron chi connectivity index (χ0n) is 11.8. The van der Waals surface area contributed by atoms with Gasteiger partial charge in [-0.15, -0.1) is 0 Å². The molecule has 0 aromatic heterocycles. The van der Waals surface area contributed by atoms with Gasteiger partial charge in [0.25, 0.3) is 0 Å². The fourth-order valence-electron chi connectivity index (χ4n) is 2.27. The van der Waals surface area contributed by atoms with Crippen LogP contribution in [0.5, 0.6) is 0 Å². The number of carboxylic acids is 1. The number of carboxylic acid groups (broad SMARTS) is 1. The molecule has 0 aromatic rings. The Morgan fingerprint density at radius 3 is 2.33 bits per heavy atom. The first kappa shape index (κ1) is 15.4. The van der Waals surface area contributed by atoms with Gasteiger partial charge in [-0.25, -0.2) is 0 Å². The topological polar surface area (TPSA) is 47.0 Å². The van der Waals surface area contributed by atoms with Crippen LogP contribution in [0.2, 0.25) is 0 Å². The summed E-state index contributed by atoms with van der Waals surface area (Å²) in [6.07, 6.45) is 3.92. The Labute approximate surface area is 110 Å². The second kappa shape index (κ2) is 8.45. The molecule has 0 radical (unpaired) electrons. The largest absolute Gasteiger partial charge is 0.480 e. The highest BCUT2D eigenvalue weighted by molar-refractivity contribution is 5.69. The predicted molar refractivity (Wildman–Crippen MR) is 72.9 cm³/mol. The summed E-state index contributed by atoms with van der Waals surface area (Å²) in [5.74, 6) is -0.729. The van der Waals surface area contributed by atoms with Gasteiger partial charge in [0.2, 0.25) is 0 Å². The summed E-state index contributed by atoms with van der Waals surface area (Å²) in [5, 5.41) is 8.92. The number of hydrogen-bond acceptors (Lipinski definition) is 4. The molecule has 0 amide bonds. The number of likely N-dealkylation sites (tertiary alicyclic amines) is 1. The van der Waals surface area contributed by atoms with Gasteiger partial charge in [0.05, 0.1) is 6.54 Å². The van der Waals surface area contributed by atoms with Crippen LogP contribution in [0.1, 0.15) is 19.3 Å². The molecule has 0 spiro atoms. The van der Waals surface area contributed by atoms with Gasteiger partial charge in [-0.2, -0.15) is 0 Å². The molecule has 1 heterocycles. The van der Waals surface area contributed by atoms with E-state index in [9.17, 15) is 4.79 Å². The fraction of sp³-hybridized carbons (Fsp3) is 0.923. The molecule has 0 bridgehead atoms. The highest BCUT2D eigenvalue weighted by atomic mass is 16.4. The maximum absolute atomic E-state index is 10.8. The number of piperidine rings is 1. The Bertz CT molecular complexity index is 240. The van der Waals surface area contributed by atoms with Crippen molar-refractivity contribution in [3.05, 3.63) is 0 Å². The van der Waals surface area contributed by atoms with Crippen molar-refractivity contribution < 1.29 is 9.90 Å². The molecule has 1 aliphatic rings. The molecule has 1 fully saturated rings. The summed E-state index contributed by atoms with van der Waals surface area (Å²) >= 11 is 0. The maximum Gasteiger partial charge on any atom is 0.317 e. The SMILES string of the molecule is CN(C)CCN(CCN1CCCCC1)CC(=O)O. The van der Waals surface area contributed by atoms with Crippen molar-refractivity contribution in [3.8, 4) is 0 Å². The van der Waals surface area contributed by atoms with Gasteiger partial charge in [-0.1, -0.05) is 6.42 Å². The van der Waals surface area contributed by atoms with E-state index in [0.717, 1.165) is 26.2 Å². The number of hydrogen-bond donors (Lipinski definition) is 1. The van der Waals surface area contributed by atoms with Crippen LogP contribution in [0.4, 0.5) is 0 Å². The molecule has 1 N–H and O–H groups in total. The van der Waals surface area contributed by atoms with E-state index < -0.39 is 5.97 Å². The molecule has 0 aliphatic carbocycles. The summed E-state index contributed by atoms with van der Waals surface area (Å²) in [7, 11) is 4.03. The molecule has 0 atom stereocenters. The number of aliphatic carboxylic acids is 1. The molecular formula is C13H27N3O2. The summed E-state index contributed by atoms with van der Waals surface area (Å²) in [5.41, 5.74) is 0. The summed E-state index contributed by atoms with van der Waals surface area (Å²) < 4.78 is 0. The Morgan fingerprint density at radius 1 is 1.11 bits per heavy atom. The first-order chi connectivity index (χ1) is 8.58. The second-order valence-electron chi connectivity index (χ2n) is 5.38. The first-order valence-corrected chi connectivity index (χ1v) is 6.89. The summed E-state index contributed by atoms with van der Waals surface area (Å²) in [4.78, 5) is 17.4. The van der Waals surface area contributed by atoms with E-state index in [1.165, 1.54) is 32.4 Å². The molecule has 1 saturated heterocycles. The predicted octanol–water partition coefficient (Wildman–Crippen LogP) is 0.421. The highest BCUT2D eigenvalue weighted by Crippen LogP contribution is 2.08. The lowest BCUT2D eigenvalue weighted by atomic mass is 10.1. The zero-order chi connectivity index (χ0) is 13.4. The normalized spacial score (nSPS) is 17.6. The molecule has 5 nitrogen and oxygen atoms in total. The minimum Gasteiger partial charge on any atom is -0.480 e. The van der Waals surface area contributed by atoms with E-state index in [1.54, 1.807) is 0 Å². The lowest BCUT2D eigenvalue weighted by molar-refractivity contribution is -0.138. The van der Waals surface area contributed by atoms with Gasteiger partial charge >= 0.3 is 5.97 Å². The van der Waals surface area contributed by atoms with Gasteiger partial charge in [0.15, 0.2) is 0 Å². The third-order valence-corrected chi connectivity index (χ3v) is 3.40. The Morgan fingerprint density at radius 2 is 1.78 bits per heavy atom. The van der Waals surface area contributed by atoms with Gasteiger partial charge in [-0.05, 0) is 40.0 Å². The van der Waals surface area contributed by atoms with E-state index in [1.807, 2.05) is 19.0 Å². The van der Waals surface area contributed by atoms with Crippen LogP contribution in [0.3, 0.4) is 0 Å². The molecule has 0 saturated carbocycles. The lowest BCUT2D eigenvalue weighted by Gasteiger charge is -2.29. The van der Waals surface area contributed by atoms with Crippen LogP contribution in [0.25, 0.3) is 0 Å². The van der Waals surface area contributed by atoms with Crippen LogP contribution in [-0.4, -0.2) is 85.7 Å². The number of carbonyl (C=O) groups is 1. The van der Waals surface area contributed by atoms with E-state index in [-0.39, 0.29) is 6.54 Å². The number of rotatable bonds is 8. The van der Waals surface area contributed by atoms with Crippen molar-refractivity contribution in [3.63, 3.8) is 0 Å². The van der Waals surface area contributed by atoms with Crippen molar-refractivity contribution in [2.75, 3.05) is 59.9 Å². The zero-order valence-corrected chi connectivity index (χ0v) is 11.8. The minimum absolute atomic E-state index is 0.154. The molecule has 18 heavy (non-hydrogen) atoms. The quantitative estimate of drug-likeness (QED) is 0.683. The molecule has 106 valence electrons. The van der Waals surface area contributed by atoms with Crippen molar-refractivity contribution in [1.82, 2.24) is 14.7 Å². The molecule has 1 aliphatic heterocycles. The molecule has 0 aromatic carbocycles. The maximum atomic E-state index is 10.8. The molecule has 0 unspecified atom stereocenters. The van der Waals surface area contributed by atoms with Crippen LogP contribution in [0, 0.1) is 0 Å². The average molecular weight is 257 g/mol. The summed E-state index contributed by atoms with van der Waals surface area (Å²) in [6.45, 7) is 6.10. The van der Waals surface area contributed by atoms with Crippen LogP contribution in [0.15, 0.2) is 0 Å². The molecule has 5 heteroatoms. The molecular weight excluding hydrogens is 230 g/mol. The molecule has 1 rings (SSSR count). The van der Waals surface area contributed by atoms with Crippen molar-refractivity contribution >= 4 is 5.97 Å². The van der Waals surface area contributed by atoms with E-state index in [4.69, 9.17) is 5.11 Å². The smallest absolute Gasteiger partial charge is 0.317 e. The highest BCUT2D eigenvalue weighted by Gasteiger charge is 2.14. The second-order valence-corrected chi connectivity index (χ2v) is 5.38. The third kappa shape index (κ3) is 6.93. The Hall–Kier alpha value is -0.650.